The third-order valence-electron chi connectivity index (χ3n) is 3.51. The minimum Gasteiger partial charge on any atom is -0.495 e. The molecule has 0 amide bonds. The molecule has 2 N–H and O–H groups in total. The van der Waals surface area contributed by atoms with Crippen LogP contribution in [0.4, 0.5) is 17.2 Å². The lowest BCUT2D eigenvalue weighted by atomic mass is 10.3. The van der Waals surface area contributed by atoms with E-state index < -0.39 is 10.0 Å². The largest absolute Gasteiger partial charge is 0.495 e. The van der Waals surface area contributed by atoms with E-state index in [1.165, 1.54) is 30.5 Å². The Labute approximate surface area is 156 Å². The number of pyridine rings is 1. The number of ether oxygens (including phenoxy) is 1. The third-order valence-corrected chi connectivity index (χ3v) is 5.16. The van der Waals surface area contributed by atoms with E-state index in [0.29, 0.717) is 22.3 Å². The number of anilines is 3. The van der Waals surface area contributed by atoms with E-state index in [9.17, 15) is 8.42 Å². The third kappa shape index (κ3) is 4.25. The van der Waals surface area contributed by atoms with Crippen molar-refractivity contribution < 1.29 is 13.2 Å². The lowest BCUT2D eigenvalue weighted by Crippen LogP contribution is -2.13. The molecule has 8 heteroatoms. The summed E-state index contributed by atoms with van der Waals surface area (Å²) in [5.41, 5.74) is 1.11. The van der Waals surface area contributed by atoms with Gasteiger partial charge in [0.2, 0.25) is 0 Å². The maximum Gasteiger partial charge on any atom is 0.261 e. The Hall–Kier alpha value is -2.77. The molecule has 26 heavy (non-hydrogen) atoms. The fraction of sp³-hybridized carbons (Fsp3) is 0.0556. The van der Waals surface area contributed by atoms with Crippen LogP contribution in [0.15, 0.2) is 71.8 Å². The van der Waals surface area contributed by atoms with Gasteiger partial charge in [0.05, 0.1) is 29.6 Å². The molecule has 0 aliphatic heterocycles. The van der Waals surface area contributed by atoms with Crippen molar-refractivity contribution in [2.45, 2.75) is 4.90 Å². The summed E-state index contributed by atoms with van der Waals surface area (Å²) in [6.07, 6.45) is 1.44. The number of hydrogen-bond donors (Lipinski definition) is 2. The molecule has 0 radical (unpaired) electrons. The van der Waals surface area contributed by atoms with Crippen LogP contribution in [-0.2, 0) is 10.0 Å². The molecular weight excluding hydrogens is 374 g/mol. The first-order valence-corrected chi connectivity index (χ1v) is 9.48. The van der Waals surface area contributed by atoms with Gasteiger partial charge in [-0.05, 0) is 48.5 Å². The fourth-order valence-electron chi connectivity index (χ4n) is 2.24. The fourth-order valence-corrected chi connectivity index (χ4v) is 3.41. The van der Waals surface area contributed by atoms with Gasteiger partial charge in [0.25, 0.3) is 10.0 Å². The van der Waals surface area contributed by atoms with Crippen LogP contribution in [-0.4, -0.2) is 20.5 Å². The highest BCUT2D eigenvalue weighted by Crippen LogP contribution is 2.26. The maximum absolute atomic E-state index is 12.4. The Morgan fingerprint density at radius 3 is 2.38 bits per heavy atom. The van der Waals surface area contributed by atoms with Crippen molar-refractivity contribution in [3.63, 3.8) is 0 Å². The zero-order valence-corrected chi connectivity index (χ0v) is 15.4. The Bertz CT molecular complexity index is 991. The summed E-state index contributed by atoms with van der Waals surface area (Å²) in [4.78, 5) is 4.35. The second kappa shape index (κ2) is 7.63. The first kappa shape index (κ1) is 18.0. The van der Waals surface area contributed by atoms with Crippen LogP contribution in [0.1, 0.15) is 0 Å². The molecule has 0 atom stereocenters. The van der Waals surface area contributed by atoms with Gasteiger partial charge in [-0.3, -0.25) is 4.72 Å². The minimum absolute atomic E-state index is 0.123. The van der Waals surface area contributed by atoms with Gasteiger partial charge in [0.1, 0.15) is 11.6 Å². The molecular formula is C18H16ClN3O3S. The van der Waals surface area contributed by atoms with E-state index >= 15 is 0 Å². The Morgan fingerprint density at radius 1 is 1.00 bits per heavy atom. The first-order valence-electron chi connectivity index (χ1n) is 7.62. The number of methoxy groups -OCH3 is 1. The number of nitrogens with zero attached hydrogens (tertiary/aromatic N) is 1. The highest BCUT2D eigenvalue weighted by Gasteiger charge is 2.14. The number of sulfonamides is 1. The normalized spacial score (nSPS) is 11.0. The Morgan fingerprint density at radius 2 is 1.73 bits per heavy atom. The number of aromatic nitrogens is 1. The van der Waals surface area contributed by atoms with Crippen LogP contribution >= 0.6 is 11.6 Å². The number of hydrogen-bond acceptors (Lipinski definition) is 5. The minimum atomic E-state index is -3.70. The zero-order valence-electron chi connectivity index (χ0n) is 13.8. The van der Waals surface area contributed by atoms with E-state index in [0.717, 1.165) is 5.69 Å². The van der Waals surface area contributed by atoms with Gasteiger partial charge in [-0.1, -0.05) is 23.7 Å². The smallest absolute Gasteiger partial charge is 0.261 e. The molecule has 0 saturated heterocycles. The van der Waals surface area contributed by atoms with Crippen LogP contribution in [0.5, 0.6) is 5.75 Å². The summed E-state index contributed by atoms with van der Waals surface area (Å²) >= 11 is 5.79. The average molecular weight is 390 g/mol. The van der Waals surface area contributed by atoms with Gasteiger partial charge < -0.3 is 10.1 Å². The molecule has 134 valence electrons. The summed E-state index contributed by atoms with van der Waals surface area (Å²) in [6.45, 7) is 0. The molecule has 0 fully saturated rings. The second-order valence-corrected chi connectivity index (χ2v) is 7.44. The predicted molar refractivity (Wildman–Crippen MR) is 103 cm³/mol. The molecule has 1 heterocycles. The van der Waals surface area contributed by atoms with Gasteiger partial charge in [0.15, 0.2) is 0 Å². The van der Waals surface area contributed by atoms with Crippen molar-refractivity contribution in [3.8, 4) is 5.75 Å². The van der Waals surface area contributed by atoms with Gasteiger partial charge in [-0.2, -0.15) is 0 Å². The zero-order chi connectivity index (χ0) is 18.6. The van der Waals surface area contributed by atoms with Crippen LogP contribution < -0.4 is 14.8 Å². The molecule has 0 saturated carbocycles. The summed E-state index contributed by atoms with van der Waals surface area (Å²) < 4.78 is 32.5. The lowest BCUT2D eigenvalue weighted by molar-refractivity contribution is 0.417. The highest BCUT2D eigenvalue weighted by atomic mass is 35.5. The van der Waals surface area contributed by atoms with Gasteiger partial charge >= 0.3 is 0 Å². The quantitative estimate of drug-likeness (QED) is 0.657. The van der Waals surface area contributed by atoms with Crippen LogP contribution in [0.3, 0.4) is 0 Å². The standard InChI is InChI=1S/C18H16ClN3O3S/c1-25-17-5-3-2-4-16(17)21-18-11-8-14(12-20-18)22-26(23,24)15-9-6-13(19)7-10-15/h2-12,22H,1H3,(H,20,21). The lowest BCUT2D eigenvalue weighted by Gasteiger charge is -2.11. The first-order chi connectivity index (χ1) is 12.5. The summed E-state index contributed by atoms with van der Waals surface area (Å²) in [7, 11) is -2.12. The monoisotopic (exact) mass is 389 g/mol. The van der Waals surface area contributed by atoms with Gasteiger partial charge in [0, 0.05) is 5.02 Å². The Kier molecular flexibility index (Phi) is 5.29. The number of nitrogens with one attached hydrogen (secondary N) is 2. The number of halogens is 1. The number of benzene rings is 2. The molecule has 0 bridgehead atoms. The SMILES string of the molecule is COc1ccccc1Nc1ccc(NS(=O)(=O)c2ccc(Cl)cc2)cn1. The molecule has 1 aromatic heterocycles. The van der Waals surface area contributed by atoms with E-state index in [4.69, 9.17) is 16.3 Å². The number of para-hydroxylation sites is 2. The highest BCUT2D eigenvalue weighted by molar-refractivity contribution is 7.92. The molecule has 0 aliphatic rings. The van der Waals surface area contributed by atoms with E-state index in [-0.39, 0.29) is 4.90 Å². The van der Waals surface area contributed by atoms with Crippen molar-refractivity contribution in [3.05, 3.63) is 71.9 Å². The van der Waals surface area contributed by atoms with E-state index in [1.54, 1.807) is 19.2 Å². The van der Waals surface area contributed by atoms with Gasteiger partial charge in [-0.25, -0.2) is 13.4 Å². The van der Waals surface area contributed by atoms with Crippen molar-refractivity contribution >= 4 is 38.8 Å². The van der Waals surface area contributed by atoms with Crippen LogP contribution in [0.2, 0.25) is 5.02 Å². The van der Waals surface area contributed by atoms with Gasteiger partial charge in [-0.15, -0.1) is 0 Å². The predicted octanol–water partition coefficient (Wildman–Crippen LogP) is 4.29. The topological polar surface area (TPSA) is 80.3 Å². The summed E-state index contributed by atoms with van der Waals surface area (Å²) in [5, 5.41) is 3.59. The molecule has 6 nitrogen and oxygen atoms in total. The molecule has 0 unspecified atom stereocenters. The number of rotatable bonds is 6. The summed E-state index contributed by atoms with van der Waals surface area (Å²) in [6, 6.07) is 16.7. The molecule has 0 spiro atoms. The van der Waals surface area contributed by atoms with Crippen molar-refractivity contribution in [1.82, 2.24) is 4.98 Å². The maximum atomic E-state index is 12.4. The van der Waals surface area contributed by atoms with Crippen molar-refractivity contribution in [1.29, 1.82) is 0 Å². The molecule has 3 aromatic rings. The van der Waals surface area contributed by atoms with Crippen molar-refractivity contribution in [2.75, 3.05) is 17.1 Å². The van der Waals surface area contributed by atoms with Crippen LogP contribution in [0, 0.1) is 0 Å². The molecule has 0 aliphatic carbocycles. The summed E-state index contributed by atoms with van der Waals surface area (Å²) in [5.74, 6) is 1.24. The molecule has 3 rings (SSSR count). The Balaban J connectivity index is 1.74. The average Bonchev–Trinajstić information content (AvgIpc) is 2.64. The second-order valence-electron chi connectivity index (χ2n) is 5.32. The van der Waals surface area contributed by atoms with Crippen LogP contribution in [0.25, 0.3) is 0 Å². The molecule has 2 aromatic carbocycles. The van der Waals surface area contributed by atoms with Crippen molar-refractivity contribution in [2.24, 2.45) is 0 Å². The van der Waals surface area contributed by atoms with E-state index in [1.807, 2.05) is 24.3 Å². The van der Waals surface area contributed by atoms with E-state index in [2.05, 4.69) is 15.0 Å².